The number of nitriles is 1. The number of hydrogen-bond acceptors (Lipinski definition) is 3. The van der Waals surface area contributed by atoms with Gasteiger partial charge in [0.1, 0.15) is 0 Å². The maximum atomic E-state index is 8.74. The van der Waals surface area contributed by atoms with Crippen LogP contribution in [-0.2, 0) is 6.42 Å². The first kappa shape index (κ1) is 13.1. The van der Waals surface area contributed by atoms with Gasteiger partial charge in [-0.15, -0.1) is 0 Å². The van der Waals surface area contributed by atoms with Crippen LogP contribution in [0.5, 0.6) is 0 Å². The molecule has 0 unspecified atom stereocenters. The molecule has 3 heteroatoms. The van der Waals surface area contributed by atoms with Crippen molar-refractivity contribution in [2.24, 2.45) is 0 Å². The van der Waals surface area contributed by atoms with Crippen molar-refractivity contribution in [3.8, 4) is 6.07 Å². The van der Waals surface area contributed by atoms with Crippen molar-refractivity contribution >= 4 is 0 Å². The maximum Gasteiger partial charge on any atom is 0.0991 e. The molecule has 18 heavy (non-hydrogen) atoms. The molecule has 2 rings (SSSR count). The molecule has 1 aliphatic rings. The molecule has 0 aromatic heterocycles. The van der Waals surface area contributed by atoms with Crippen LogP contribution in [0.1, 0.15) is 17.5 Å². The SMILES string of the molecule is CN1CCN(CCCc2ccc(C#N)cc2)CC1. The summed E-state index contributed by atoms with van der Waals surface area (Å²) < 4.78 is 0. The fourth-order valence-electron chi connectivity index (χ4n) is 2.32. The first-order valence-corrected chi connectivity index (χ1v) is 6.68. The largest absolute Gasteiger partial charge is 0.304 e. The molecule has 96 valence electrons. The van der Waals surface area contributed by atoms with E-state index in [4.69, 9.17) is 5.26 Å². The summed E-state index contributed by atoms with van der Waals surface area (Å²) in [5, 5.41) is 8.74. The fourth-order valence-corrected chi connectivity index (χ4v) is 2.32. The molecular weight excluding hydrogens is 222 g/mol. The average molecular weight is 243 g/mol. The smallest absolute Gasteiger partial charge is 0.0991 e. The van der Waals surface area contributed by atoms with E-state index in [0.717, 1.165) is 12.0 Å². The molecule has 1 aromatic rings. The van der Waals surface area contributed by atoms with Gasteiger partial charge in [0.25, 0.3) is 0 Å². The molecule has 0 atom stereocenters. The van der Waals surface area contributed by atoms with Crippen molar-refractivity contribution in [2.75, 3.05) is 39.8 Å². The maximum absolute atomic E-state index is 8.74. The lowest BCUT2D eigenvalue weighted by Crippen LogP contribution is -2.44. The summed E-state index contributed by atoms with van der Waals surface area (Å²) in [4.78, 5) is 4.93. The summed E-state index contributed by atoms with van der Waals surface area (Å²) in [6.07, 6.45) is 2.31. The Morgan fingerprint density at radius 1 is 1.11 bits per heavy atom. The number of piperazine rings is 1. The van der Waals surface area contributed by atoms with E-state index in [1.807, 2.05) is 12.1 Å². The van der Waals surface area contributed by atoms with Crippen LogP contribution >= 0.6 is 0 Å². The lowest BCUT2D eigenvalue weighted by molar-refractivity contribution is 0.153. The van der Waals surface area contributed by atoms with E-state index < -0.39 is 0 Å². The lowest BCUT2D eigenvalue weighted by Gasteiger charge is -2.32. The van der Waals surface area contributed by atoms with Crippen LogP contribution in [0.4, 0.5) is 0 Å². The Labute approximate surface area is 110 Å². The van der Waals surface area contributed by atoms with Crippen LogP contribution in [0.25, 0.3) is 0 Å². The minimum Gasteiger partial charge on any atom is -0.304 e. The van der Waals surface area contributed by atoms with Gasteiger partial charge in [-0.05, 0) is 44.1 Å². The number of hydrogen-bond donors (Lipinski definition) is 0. The third-order valence-electron chi connectivity index (χ3n) is 3.62. The molecule has 1 saturated heterocycles. The summed E-state index contributed by atoms with van der Waals surface area (Å²) in [6, 6.07) is 10.1. The summed E-state index contributed by atoms with van der Waals surface area (Å²) in [5.41, 5.74) is 2.08. The van der Waals surface area contributed by atoms with E-state index in [-0.39, 0.29) is 0 Å². The van der Waals surface area contributed by atoms with Crippen molar-refractivity contribution in [3.63, 3.8) is 0 Å². The van der Waals surface area contributed by atoms with E-state index in [9.17, 15) is 0 Å². The molecule has 0 radical (unpaired) electrons. The number of likely N-dealkylation sites (N-methyl/N-ethyl adjacent to an activating group) is 1. The highest BCUT2D eigenvalue weighted by molar-refractivity contribution is 5.31. The van der Waals surface area contributed by atoms with Crippen molar-refractivity contribution < 1.29 is 0 Å². The molecule has 1 heterocycles. The molecule has 1 aromatic carbocycles. The van der Waals surface area contributed by atoms with Gasteiger partial charge in [-0.25, -0.2) is 0 Å². The first-order chi connectivity index (χ1) is 8.78. The van der Waals surface area contributed by atoms with Gasteiger partial charge in [-0.3, -0.25) is 0 Å². The van der Waals surface area contributed by atoms with Gasteiger partial charge in [-0.2, -0.15) is 5.26 Å². The zero-order valence-corrected chi connectivity index (χ0v) is 11.1. The number of benzene rings is 1. The first-order valence-electron chi connectivity index (χ1n) is 6.68. The predicted molar refractivity (Wildman–Crippen MR) is 73.4 cm³/mol. The number of nitrogens with zero attached hydrogens (tertiary/aromatic N) is 3. The van der Waals surface area contributed by atoms with Gasteiger partial charge >= 0.3 is 0 Å². The molecule has 0 amide bonds. The van der Waals surface area contributed by atoms with E-state index in [2.05, 4.69) is 35.0 Å². The van der Waals surface area contributed by atoms with Crippen molar-refractivity contribution in [2.45, 2.75) is 12.8 Å². The van der Waals surface area contributed by atoms with E-state index in [1.54, 1.807) is 0 Å². The summed E-state index contributed by atoms with van der Waals surface area (Å²) >= 11 is 0. The van der Waals surface area contributed by atoms with Crippen LogP contribution in [0.3, 0.4) is 0 Å². The quantitative estimate of drug-likeness (QED) is 0.807. The highest BCUT2D eigenvalue weighted by Gasteiger charge is 2.12. The molecule has 0 N–H and O–H groups in total. The minimum atomic E-state index is 0.748. The van der Waals surface area contributed by atoms with E-state index in [1.165, 1.54) is 44.7 Å². The second-order valence-electron chi connectivity index (χ2n) is 5.06. The van der Waals surface area contributed by atoms with E-state index >= 15 is 0 Å². The molecular formula is C15H21N3. The van der Waals surface area contributed by atoms with Gasteiger partial charge in [0.05, 0.1) is 11.6 Å². The van der Waals surface area contributed by atoms with Crippen molar-refractivity contribution in [3.05, 3.63) is 35.4 Å². The highest BCUT2D eigenvalue weighted by atomic mass is 15.2. The average Bonchev–Trinajstić information content (AvgIpc) is 2.42. The molecule has 1 aliphatic heterocycles. The van der Waals surface area contributed by atoms with Crippen LogP contribution < -0.4 is 0 Å². The number of aryl methyl sites for hydroxylation is 1. The Morgan fingerprint density at radius 3 is 2.39 bits per heavy atom. The van der Waals surface area contributed by atoms with Crippen molar-refractivity contribution in [1.29, 1.82) is 5.26 Å². The zero-order valence-electron chi connectivity index (χ0n) is 11.1. The predicted octanol–water partition coefficient (Wildman–Crippen LogP) is 1.74. The van der Waals surface area contributed by atoms with Crippen LogP contribution in [0, 0.1) is 11.3 Å². The molecule has 1 fully saturated rings. The Morgan fingerprint density at radius 2 is 1.78 bits per heavy atom. The Bertz CT molecular complexity index is 397. The molecule has 0 saturated carbocycles. The van der Waals surface area contributed by atoms with Gasteiger partial charge < -0.3 is 9.80 Å². The van der Waals surface area contributed by atoms with Gasteiger partial charge in [0.15, 0.2) is 0 Å². The highest BCUT2D eigenvalue weighted by Crippen LogP contribution is 2.07. The molecule has 0 bridgehead atoms. The van der Waals surface area contributed by atoms with Gasteiger partial charge in [0.2, 0.25) is 0 Å². The minimum absolute atomic E-state index is 0.748. The molecule has 3 nitrogen and oxygen atoms in total. The van der Waals surface area contributed by atoms with Crippen molar-refractivity contribution in [1.82, 2.24) is 9.80 Å². The number of rotatable bonds is 4. The Hall–Kier alpha value is -1.37. The van der Waals surface area contributed by atoms with Crippen LogP contribution in [0.2, 0.25) is 0 Å². The van der Waals surface area contributed by atoms with Crippen LogP contribution in [0.15, 0.2) is 24.3 Å². The molecule has 0 aliphatic carbocycles. The summed E-state index contributed by atoms with van der Waals surface area (Å²) in [5.74, 6) is 0. The Balaban J connectivity index is 1.70. The lowest BCUT2D eigenvalue weighted by atomic mass is 10.1. The van der Waals surface area contributed by atoms with E-state index in [0.29, 0.717) is 0 Å². The van der Waals surface area contributed by atoms with Gasteiger partial charge in [0, 0.05) is 26.2 Å². The monoisotopic (exact) mass is 243 g/mol. The second-order valence-corrected chi connectivity index (χ2v) is 5.06. The van der Waals surface area contributed by atoms with Crippen LogP contribution in [-0.4, -0.2) is 49.6 Å². The van der Waals surface area contributed by atoms with Gasteiger partial charge in [-0.1, -0.05) is 12.1 Å². The summed E-state index contributed by atoms with van der Waals surface area (Å²) in [7, 11) is 2.19. The third kappa shape index (κ3) is 3.83. The second kappa shape index (κ2) is 6.53. The normalized spacial score (nSPS) is 17.6. The standard InChI is InChI=1S/C15H21N3/c1-17-9-11-18(12-10-17)8-2-3-14-4-6-15(13-16)7-5-14/h4-7H,2-3,8-12H2,1H3. The Kier molecular flexibility index (Phi) is 4.74. The topological polar surface area (TPSA) is 30.3 Å². The fraction of sp³-hybridized carbons (Fsp3) is 0.533. The zero-order chi connectivity index (χ0) is 12.8. The summed E-state index contributed by atoms with van der Waals surface area (Å²) in [6.45, 7) is 5.97. The third-order valence-corrected chi connectivity index (χ3v) is 3.62. The molecule has 0 spiro atoms.